The number of hydrogen-bond donors (Lipinski definition) is 1. The van der Waals surface area contributed by atoms with Crippen LogP contribution in [0.15, 0.2) is 36.4 Å². The molecule has 0 radical (unpaired) electrons. The van der Waals surface area contributed by atoms with Crippen LogP contribution in [0.3, 0.4) is 0 Å². The Morgan fingerprint density at radius 2 is 1.76 bits per heavy atom. The summed E-state index contributed by atoms with van der Waals surface area (Å²) in [5.41, 5.74) is 4.35. The average Bonchev–Trinajstić information content (AvgIpc) is 2.44. The highest BCUT2D eigenvalue weighted by atomic mass is 19.1. The molecule has 0 heterocycles. The summed E-state index contributed by atoms with van der Waals surface area (Å²) in [5, 5.41) is 2.97. The van der Waals surface area contributed by atoms with Crippen LogP contribution in [0.2, 0.25) is 0 Å². The van der Waals surface area contributed by atoms with Gasteiger partial charge in [-0.25, -0.2) is 4.39 Å². The van der Waals surface area contributed by atoms with Gasteiger partial charge in [0.2, 0.25) is 0 Å². The van der Waals surface area contributed by atoms with Gasteiger partial charge in [0, 0.05) is 5.56 Å². The van der Waals surface area contributed by atoms with Crippen molar-refractivity contribution in [2.24, 2.45) is 0 Å². The largest absolute Gasteiger partial charge is 0.346 e. The van der Waals surface area contributed by atoms with E-state index in [9.17, 15) is 9.18 Å². The van der Waals surface area contributed by atoms with Gasteiger partial charge >= 0.3 is 0 Å². The molecule has 0 aliphatic carbocycles. The van der Waals surface area contributed by atoms with Crippen molar-refractivity contribution in [3.05, 3.63) is 70.0 Å². The Hall–Kier alpha value is -2.16. The van der Waals surface area contributed by atoms with Crippen LogP contribution in [-0.4, -0.2) is 5.91 Å². The van der Waals surface area contributed by atoms with Crippen molar-refractivity contribution in [2.45, 2.75) is 33.7 Å². The number of carbonyl (C=O) groups excluding carboxylic acids is 1. The first-order valence-electron chi connectivity index (χ1n) is 7.02. The lowest BCUT2D eigenvalue weighted by molar-refractivity contribution is 0.0939. The minimum Gasteiger partial charge on any atom is -0.346 e. The highest BCUT2D eigenvalue weighted by molar-refractivity contribution is 5.94. The van der Waals surface area contributed by atoms with Crippen molar-refractivity contribution in [3.8, 4) is 0 Å². The maximum Gasteiger partial charge on any atom is 0.251 e. The van der Waals surface area contributed by atoms with Gasteiger partial charge in [-0.2, -0.15) is 0 Å². The Labute approximate surface area is 125 Å². The minimum atomic E-state index is -0.297. The molecule has 21 heavy (non-hydrogen) atoms. The van der Waals surface area contributed by atoms with E-state index < -0.39 is 0 Å². The van der Waals surface area contributed by atoms with Crippen molar-refractivity contribution in [2.75, 3.05) is 0 Å². The van der Waals surface area contributed by atoms with Crippen LogP contribution in [0.1, 0.15) is 45.6 Å². The van der Waals surface area contributed by atoms with Crippen molar-refractivity contribution < 1.29 is 9.18 Å². The number of nitrogens with one attached hydrogen (secondary N) is 1. The Morgan fingerprint density at radius 3 is 2.43 bits per heavy atom. The van der Waals surface area contributed by atoms with Gasteiger partial charge in [0.05, 0.1) is 6.04 Å². The maximum absolute atomic E-state index is 13.3. The van der Waals surface area contributed by atoms with E-state index in [1.54, 1.807) is 13.0 Å². The average molecular weight is 285 g/mol. The first-order valence-corrected chi connectivity index (χ1v) is 7.02. The molecule has 1 N–H and O–H groups in total. The molecule has 2 rings (SSSR count). The fourth-order valence-corrected chi connectivity index (χ4v) is 2.37. The van der Waals surface area contributed by atoms with Crippen LogP contribution in [0.4, 0.5) is 4.39 Å². The van der Waals surface area contributed by atoms with Crippen LogP contribution in [0, 0.1) is 26.6 Å². The first kappa shape index (κ1) is 15.2. The van der Waals surface area contributed by atoms with Crippen molar-refractivity contribution in [1.82, 2.24) is 5.32 Å². The molecule has 1 amide bonds. The van der Waals surface area contributed by atoms with Crippen molar-refractivity contribution >= 4 is 5.91 Å². The third-order valence-corrected chi connectivity index (χ3v) is 3.67. The number of benzene rings is 2. The SMILES string of the molecule is Cc1ccc(C)c(C(C)NC(=O)c2ccc(F)c(C)c2)c1. The monoisotopic (exact) mass is 285 g/mol. The molecule has 2 aromatic carbocycles. The van der Waals surface area contributed by atoms with Gasteiger partial charge in [0.25, 0.3) is 5.91 Å². The molecule has 0 aliphatic rings. The molecule has 0 spiro atoms. The predicted octanol–water partition coefficient (Wildman–Crippen LogP) is 4.24. The van der Waals surface area contributed by atoms with Crippen LogP contribution >= 0.6 is 0 Å². The molecule has 0 fully saturated rings. The molecule has 0 saturated carbocycles. The molecule has 1 atom stereocenters. The number of amides is 1. The highest BCUT2D eigenvalue weighted by Gasteiger charge is 2.14. The van der Waals surface area contributed by atoms with E-state index in [1.165, 1.54) is 12.1 Å². The smallest absolute Gasteiger partial charge is 0.251 e. The summed E-state index contributed by atoms with van der Waals surface area (Å²) in [6.45, 7) is 7.66. The van der Waals surface area contributed by atoms with Crippen molar-refractivity contribution in [3.63, 3.8) is 0 Å². The Kier molecular flexibility index (Phi) is 4.41. The summed E-state index contributed by atoms with van der Waals surface area (Å²) < 4.78 is 13.3. The number of carbonyl (C=O) groups is 1. The second-order valence-electron chi connectivity index (χ2n) is 5.52. The fraction of sp³-hybridized carbons (Fsp3) is 0.278. The van der Waals surface area contributed by atoms with E-state index in [2.05, 4.69) is 23.5 Å². The van der Waals surface area contributed by atoms with E-state index in [-0.39, 0.29) is 17.8 Å². The lowest BCUT2D eigenvalue weighted by Gasteiger charge is -2.17. The summed E-state index contributed by atoms with van der Waals surface area (Å²) in [7, 11) is 0. The quantitative estimate of drug-likeness (QED) is 0.897. The third-order valence-electron chi connectivity index (χ3n) is 3.67. The van der Waals surface area contributed by atoms with E-state index in [0.29, 0.717) is 11.1 Å². The van der Waals surface area contributed by atoms with Gasteiger partial charge in [-0.1, -0.05) is 23.8 Å². The number of halogens is 1. The molecule has 0 bridgehead atoms. The lowest BCUT2D eigenvalue weighted by Crippen LogP contribution is -2.27. The zero-order valence-electron chi connectivity index (χ0n) is 12.8. The summed E-state index contributed by atoms with van der Waals surface area (Å²) >= 11 is 0. The van der Waals surface area contributed by atoms with E-state index in [4.69, 9.17) is 0 Å². The molecule has 0 aliphatic heterocycles. The Bertz CT molecular complexity index is 679. The summed E-state index contributed by atoms with van der Waals surface area (Å²) in [4.78, 5) is 12.3. The molecule has 0 aromatic heterocycles. The van der Waals surface area contributed by atoms with Crippen LogP contribution < -0.4 is 5.32 Å². The second kappa shape index (κ2) is 6.08. The number of aryl methyl sites for hydroxylation is 3. The van der Waals surface area contributed by atoms with Crippen LogP contribution in [0.5, 0.6) is 0 Å². The lowest BCUT2D eigenvalue weighted by atomic mass is 9.99. The maximum atomic E-state index is 13.3. The number of hydrogen-bond acceptors (Lipinski definition) is 1. The predicted molar refractivity (Wildman–Crippen MR) is 82.9 cm³/mol. The van der Waals surface area contributed by atoms with Gasteiger partial charge in [-0.05, 0) is 62.6 Å². The van der Waals surface area contributed by atoms with E-state index in [1.807, 2.05) is 20.8 Å². The third kappa shape index (κ3) is 3.48. The molecule has 2 aromatic rings. The summed E-state index contributed by atoms with van der Waals surface area (Å²) in [6, 6.07) is 10.5. The van der Waals surface area contributed by atoms with E-state index in [0.717, 1.165) is 16.7 Å². The first-order chi connectivity index (χ1) is 9.88. The molecule has 0 saturated heterocycles. The molecule has 110 valence electrons. The Morgan fingerprint density at radius 1 is 1.05 bits per heavy atom. The molecule has 3 heteroatoms. The fourth-order valence-electron chi connectivity index (χ4n) is 2.37. The van der Waals surface area contributed by atoms with Gasteiger partial charge < -0.3 is 5.32 Å². The van der Waals surface area contributed by atoms with Crippen LogP contribution in [0.25, 0.3) is 0 Å². The summed E-state index contributed by atoms with van der Waals surface area (Å²) in [5.74, 6) is -0.486. The van der Waals surface area contributed by atoms with Gasteiger partial charge in [0.15, 0.2) is 0 Å². The number of rotatable bonds is 3. The highest BCUT2D eigenvalue weighted by Crippen LogP contribution is 2.19. The normalized spacial score (nSPS) is 12.0. The van der Waals surface area contributed by atoms with Crippen LogP contribution in [-0.2, 0) is 0 Å². The van der Waals surface area contributed by atoms with Crippen molar-refractivity contribution in [1.29, 1.82) is 0 Å². The molecule has 1 unspecified atom stereocenters. The zero-order chi connectivity index (χ0) is 15.6. The molecular weight excluding hydrogens is 265 g/mol. The summed E-state index contributed by atoms with van der Waals surface area (Å²) in [6.07, 6.45) is 0. The standard InChI is InChI=1S/C18H20FNO/c1-11-5-6-12(2)16(9-11)14(4)20-18(21)15-7-8-17(19)13(3)10-15/h5-10,14H,1-4H3,(H,20,21). The minimum absolute atomic E-state index is 0.0947. The van der Waals surface area contributed by atoms with E-state index >= 15 is 0 Å². The van der Waals surface area contributed by atoms with Gasteiger partial charge in [0.1, 0.15) is 5.82 Å². The topological polar surface area (TPSA) is 29.1 Å². The molecular formula is C18H20FNO. The molecule has 2 nitrogen and oxygen atoms in total. The van der Waals surface area contributed by atoms with Gasteiger partial charge in [-0.3, -0.25) is 4.79 Å². The zero-order valence-corrected chi connectivity index (χ0v) is 12.8. The van der Waals surface area contributed by atoms with Gasteiger partial charge in [-0.15, -0.1) is 0 Å². The Balaban J connectivity index is 2.18. The second-order valence-corrected chi connectivity index (χ2v) is 5.52.